The van der Waals surface area contributed by atoms with Gasteiger partial charge in [0, 0.05) is 7.05 Å². The lowest BCUT2D eigenvalue weighted by molar-refractivity contribution is -0.136. The van der Waals surface area contributed by atoms with Gasteiger partial charge in [0.1, 0.15) is 0 Å². The predicted molar refractivity (Wildman–Crippen MR) is 23.6 cm³/mol. The molecule has 0 aliphatic rings. The van der Waals surface area contributed by atoms with E-state index in [0.717, 1.165) is 0 Å². The van der Waals surface area contributed by atoms with Crippen molar-refractivity contribution in [2.45, 2.75) is 6.92 Å². The molecule has 3 heteroatoms. The van der Waals surface area contributed by atoms with Crippen molar-refractivity contribution in [3.8, 4) is 0 Å². The fourth-order valence-corrected chi connectivity index (χ4v) is 0.204. The van der Waals surface area contributed by atoms with Crippen LogP contribution in [0.2, 0.25) is 0 Å². The van der Waals surface area contributed by atoms with E-state index in [2.05, 4.69) is 4.84 Å². The molecule has 0 aliphatic heterocycles. The van der Waals surface area contributed by atoms with Crippen molar-refractivity contribution in [3.63, 3.8) is 0 Å². The van der Waals surface area contributed by atoms with Crippen molar-refractivity contribution in [2.24, 2.45) is 5.84 Å². The third-order valence-corrected chi connectivity index (χ3v) is 0.333. The molecule has 0 aliphatic carbocycles. The van der Waals surface area contributed by atoms with Crippen LogP contribution >= 0.6 is 0 Å². The summed E-state index contributed by atoms with van der Waals surface area (Å²) in [5, 5.41) is 1.18. The Morgan fingerprint density at radius 2 is 2.33 bits per heavy atom. The molecule has 38 valence electrons. The number of nitrogens with two attached hydrogens (primary N) is 1. The fourth-order valence-electron chi connectivity index (χ4n) is 0.204. The Morgan fingerprint density at radius 3 is 2.33 bits per heavy atom. The Balaban J connectivity index is 2.63. The van der Waals surface area contributed by atoms with Crippen LogP contribution in [0.1, 0.15) is 6.92 Å². The first-order valence-corrected chi connectivity index (χ1v) is 1.88. The van der Waals surface area contributed by atoms with Gasteiger partial charge in [-0.05, 0) is 6.92 Å². The summed E-state index contributed by atoms with van der Waals surface area (Å²) in [5.41, 5.74) is 0. The number of hydroxylamine groups is 1. The first-order chi connectivity index (χ1) is 2.77. The van der Waals surface area contributed by atoms with E-state index in [1.54, 1.807) is 7.05 Å². The molecule has 0 saturated heterocycles. The molecule has 0 amide bonds. The zero-order valence-electron chi connectivity index (χ0n) is 4.14. The molecule has 0 fully saturated rings. The Kier molecular flexibility index (Phi) is 3.02. The van der Waals surface area contributed by atoms with Crippen LogP contribution in [0.25, 0.3) is 0 Å². The second-order valence-corrected chi connectivity index (χ2v) is 0.964. The highest BCUT2D eigenvalue weighted by Gasteiger charge is 1.78. The van der Waals surface area contributed by atoms with E-state index in [0.29, 0.717) is 6.61 Å². The van der Waals surface area contributed by atoms with E-state index in [1.165, 1.54) is 5.17 Å². The molecule has 0 aromatic rings. The van der Waals surface area contributed by atoms with Crippen molar-refractivity contribution >= 4 is 0 Å². The van der Waals surface area contributed by atoms with Crippen LogP contribution in [0.3, 0.4) is 0 Å². The van der Waals surface area contributed by atoms with Gasteiger partial charge in [-0.3, -0.25) is 4.84 Å². The summed E-state index contributed by atoms with van der Waals surface area (Å²) in [6, 6.07) is 0. The van der Waals surface area contributed by atoms with E-state index in [1.807, 2.05) is 6.92 Å². The Morgan fingerprint density at radius 1 is 1.83 bits per heavy atom. The van der Waals surface area contributed by atoms with Gasteiger partial charge in [-0.25, -0.2) is 5.84 Å². The summed E-state index contributed by atoms with van der Waals surface area (Å²) in [6.45, 7) is 2.51. The standard InChI is InChI=1S/C3H10N2O/c1-3-6-5(2)4/h3-4H2,1-2H3. The monoisotopic (exact) mass is 90.1 g/mol. The van der Waals surface area contributed by atoms with Crippen LogP contribution < -0.4 is 5.84 Å². The van der Waals surface area contributed by atoms with E-state index in [9.17, 15) is 0 Å². The Bertz CT molecular complexity index is 30.0. The number of hydrogen-bond acceptors (Lipinski definition) is 3. The quantitative estimate of drug-likeness (QED) is 0.375. The van der Waals surface area contributed by atoms with Crippen molar-refractivity contribution < 1.29 is 4.84 Å². The number of hydrogen-bond donors (Lipinski definition) is 1. The summed E-state index contributed by atoms with van der Waals surface area (Å²) in [6.07, 6.45) is 0. The fraction of sp³-hybridized carbons (Fsp3) is 1.00. The Labute approximate surface area is 37.6 Å². The molecule has 6 heavy (non-hydrogen) atoms. The van der Waals surface area contributed by atoms with Gasteiger partial charge in [-0.1, -0.05) is 0 Å². The van der Waals surface area contributed by atoms with Gasteiger partial charge in [0.15, 0.2) is 0 Å². The number of hydrazine groups is 1. The lowest BCUT2D eigenvalue weighted by Gasteiger charge is -2.04. The minimum Gasteiger partial charge on any atom is -0.285 e. The number of rotatable bonds is 2. The smallest absolute Gasteiger partial charge is 0.0673 e. The molecule has 2 N–H and O–H groups in total. The normalized spacial score (nSPS) is 10.0. The average molecular weight is 90.1 g/mol. The maximum Gasteiger partial charge on any atom is 0.0673 e. The molecular weight excluding hydrogens is 80.0 g/mol. The van der Waals surface area contributed by atoms with Gasteiger partial charge in [-0.2, -0.15) is 0 Å². The molecule has 0 bridgehead atoms. The van der Waals surface area contributed by atoms with Crippen LogP contribution in [-0.2, 0) is 4.84 Å². The lowest BCUT2D eigenvalue weighted by Crippen LogP contribution is -2.25. The maximum atomic E-state index is 5.01. The topological polar surface area (TPSA) is 38.5 Å². The van der Waals surface area contributed by atoms with E-state index >= 15 is 0 Å². The van der Waals surface area contributed by atoms with E-state index < -0.39 is 0 Å². The molecule has 0 rings (SSSR count). The second kappa shape index (κ2) is 3.08. The lowest BCUT2D eigenvalue weighted by atomic mass is 10.9. The van der Waals surface area contributed by atoms with E-state index in [4.69, 9.17) is 5.84 Å². The molecule has 0 radical (unpaired) electrons. The summed E-state index contributed by atoms with van der Waals surface area (Å²) in [5.74, 6) is 5.01. The van der Waals surface area contributed by atoms with Crippen molar-refractivity contribution in [1.82, 2.24) is 5.17 Å². The number of nitrogens with zero attached hydrogens (tertiary/aromatic N) is 1. The van der Waals surface area contributed by atoms with Crippen LogP contribution in [0.15, 0.2) is 0 Å². The molecule has 0 unspecified atom stereocenters. The summed E-state index contributed by atoms with van der Waals surface area (Å²) < 4.78 is 0. The summed E-state index contributed by atoms with van der Waals surface area (Å²) in [4.78, 5) is 4.65. The zero-order valence-corrected chi connectivity index (χ0v) is 4.14. The molecule has 0 heterocycles. The van der Waals surface area contributed by atoms with Crippen LogP contribution in [0, 0.1) is 0 Å². The van der Waals surface area contributed by atoms with Crippen LogP contribution in [-0.4, -0.2) is 18.8 Å². The predicted octanol–water partition coefficient (Wildman–Crippen LogP) is -0.257. The van der Waals surface area contributed by atoms with Crippen molar-refractivity contribution in [2.75, 3.05) is 13.7 Å². The zero-order chi connectivity index (χ0) is 4.99. The maximum absolute atomic E-state index is 5.01. The second-order valence-electron chi connectivity index (χ2n) is 0.964. The van der Waals surface area contributed by atoms with Gasteiger partial charge >= 0.3 is 0 Å². The highest BCUT2D eigenvalue weighted by molar-refractivity contribution is 4.01. The minimum absolute atomic E-state index is 0.632. The molecule has 0 spiro atoms. The SMILES string of the molecule is CCON(C)N. The van der Waals surface area contributed by atoms with Gasteiger partial charge in [0.2, 0.25) is 0 Å². The molecule has 0 saturated carbocycles. The van der Waals surface area contributed by atoms with Crippen LogP contribution in [0.5, 0.6) is 0 Å². The largest absolute Gasteiger partial charge is 0.285 e. The molecule has 0 aromatic heterocycles. The van der Waals surface area contributed by atoms with Crippen LogP contribution in [0.4, 0.5) is 0 Å². The average Bonchev–Trinajstić information content (AvgIpc) is 1.35. The van der Waals surface area contributed by atoms with Crippen molar-refractivity contribution in [3.05, 3.63) is 0 Å². The Hall–Kier alpha value is -0.120. The van der Waals surface area contributed by atoms with Crippen molar-refractivity contribution in [1.29, 1.82) is 0 Å². The van der Waals surface area contributed by atoms with Gasteiger partial charge in [-0.15, -0.1) is 5.17 Å². The third kappa shape index (κ3) is 3.88. The van der Waals surface area contributed by atoms with Gasteiger partial charge in [0.25, 0.3) is 0 Å². The summed E-state index contributed by atoms with van der Waals surface area (Å²) in [7, 11) is 1.64. The summed E-state index contributed by atoms with van der Waals surface area (Å²) >= 11 is 0. The molecule has 0 atom stereocenters. The molecular formula is C3H10N2O. The first-order valence-electron chi connectivity index (χ1n) is 1.88. The highest BCUT2D eigenvalue weighted by Crippen LogP contribution is 1.67. The highest BCUT2D eigenvalue weighted by atomic mass is 16.7. The molecule has 3 nitrogen and oxygen atoms in total. The van der Waals surface area contributed by atoms with Gasteiger partial charge < -0.3 is 0 Å². The first kappa shape index (κ1) is 5.88. The third-order valence-electron chi connectivity index (χ3n) is 0.333. The van der Waals surface area contributed by atoms with E-state index in [-0.39, 0.29) is 0 Å². The molecule has 0 aromatic carbocycles. The van der Waals surface area contributed by atoms with Gasteiger partial charge in [0.05, 0.1) is 6.61 Å². The minimum atomic E-state index is 0.632.